The van der Waals surface area contributed by atoms with Crippen LogP contribution < -0.4 is 10.9 Å². The number of aromatic nitrogens is 2. The highest BCUT2D eigenvalue weighted by atomic mass is 16.5. The van der Waals surface area contributed by atoms with Gasteiger partial charge in [-0.15, -0.1) is 0 Å². The molecule has 2 aromatic rings. The smallest absolute Gasteiger partial charge is 0.339 e. The van der Waals surface area contributed by atoms with Crippen molar-refractivity contribution in [3.05, 3.63) is 110 Å². The van der Waals surface area contributed by atoms with Crippen LogP contribution in [0.3, 0.4) is 0 Å². The monoisotopic (exact) mass is 511 g/mol. The number of carbonyl (C=O) groups excluding carboxylic acids is 2. The van der Waals surface area contributed by atoms with Gasteiger partial charge in [-0.1, -0.05) is 42.0 Å². The number of methoxy groups -OCH3 is 1. The molecular weight excluding hydrogens is 478 g/mol. The van der Waals surface area contributed by atoms with Crippen molar-refractivity contribution in [1.29, 1.82) is 0 Å². The first-order chi connectivity index (χ1) is 18.3. The molecular formula is C31H33N3O4. The van der Waals surface area contributed by atoms with Gasteiger partial charge in [0.2, 0.25) is 0 Å². The SMILES string of the molecule is C=Cc1c(/C=C(\C)CC2=C(C)CC=CC(C(=O)NC3CC3)=C2)c(C(=O)OC)cn(Cc2ccncc2)c1=O. The van der Waals surface area contributed by atoms with Crippen LogP contribution in [0, 0.1) is 0 Å². The zero-order valence-corrected chi connectivity index (χ0v) is 22.1. The van der Waals surface area contributed by atoms with Gasteiger partial charge in [-0.2, -0.15) is 0 Å². The summed E-state index contributed by atoms with van der Waals surface area (Å²) in [7, 11) is 1.32. The minimum Gasteiger partial charge on any atom is -0.465 e. The second kappa shape index (κ2) is 11.9. The molecule has 38 heavy (non-hydrogen) atoms. The van der Waals surface area contributed by atoms with Gasteiger partial charge >= 0.3 is 5.97 Å². The number of nitrogens with zero attached hydrogens (tertiary/aromatic N) is 2. The van der Waals surface area contributed by atoms with Crippen LogP contribution in [0.15, 0.2) is 82.6 Å². The Bertz CT molecular complexity index is 1440. The fourth-order valence-electron chi connectivity index (χ4n) is 4.42. The van der Waals surface area contributed by atoms with Crippen molar-refractivity contribution < 1.29 is 14.3 Å². The first-order valence-corrected chi connectivity index (χ1v) is 12.7. The van der Waals surface area contributed by atoms with Crippen molar-refractivity contribution in [2.75, 3.05) is 7.11 Å². The average molecular weight is 512 g/mol. The van der Waals surface area contributed by atoms with Crippen molar-refractivity contribution >= 4 is 24.0 Å². The van der Waals surface area contributed by atoms with E-state index >= 15 is 0 Å². The van der Waals surface area contributed by atoms with Gasteiger partial charge in [-0.05, 0) is 68.9 Å². The quantitative estimate of drug-likeness (QED) is 0.479. The molecule has 0 atom stereocenters. The highest BCUT2D eigenvalue weighted by Gasteiger charge is 2.25. The van der Waals surface area contributed by atoms with E-state index in [-0.39, 0.29) is 29.6 Å². The van der Waals surface area contributed by atoms with Crippen LogP contribution in [0.5, 0.6) is 0 Å². The average Bonchev–Trinajstić information content (AvgIpc) is 3.74. The standard InChI is InChI=1S/C31H33N3O4/c1-5-26-27(28(31(37)38-4)19-34(30(26)36)18-22-11-13-32-14-12-22)16-20(2)15-24-17-23(8-6-7-21(24)3)29(35)33-25-9-10-25/h5-6,8,11-14,16-17,19,25H,1,7,9-10,15,18H2,2-4H3,(H,33,35)/b20-16+. The summed E-state index contributed by atoms with van der Waals surface area (Å²) in [5.74, 6) is -0.596. The van der Waals surface area contributed by atoms with E-state index in [9.17, 15) is 14.4 Å². The van der Waals surface area contributed by atoms with Gasteiger partial charge < -0.3 is 14.6 Å². The van der Waals surface area contributed by atoms with Gasteiger partial charge in [0.05, 0.1) is 19.2 Å². The number of hydrogen-bond donors (Lipinski definition) is 1. The zero-order chi connectivity index (χ0) is 27.2. The number of amides is 1. The maximum absolute atomic E-state index is 13.4. The summed E-state index contributed by atoms with van der Waals surface area (Å²) >= 11 is 0. The van der Waals surface area contributed by atoms with Gasteiger partial charge in [0.15, 0.2) is 0 Å². The number of hydrogen-bond acceptors (Lipinski definition) is 5. The maximum atomic E-state index is 13.4. The Balaban J connectivity index is 1.70. The molecule has 7 nitrogen and oxygen atoms in total. The molecule has 196 valence electrons. The molecule has 0 aromatic carbocycles. The molecule has 1 saturated carbocycles. The van der Waals surface area contributed by atoms with Gasteiger partial charge in [0.25, 0.3) is 11.5 Å². The van der Waals surface area contributed by atoms with E-state index in [0.29, 0.717) is 23.1 Å². The highest BCUT2D eigenvalue weighted by molar-refractivity contribution is 5.97. The summed E-state index contributed by atoms with van der Waals surface area (Å²) in [6.45, 7) is 8.15. The predicted molar refractivity (Wildman–Crippen MR) is 149 cm³/mol. The lowest BCUT2D eigenvalue weighted by Crippen LogP contribution is -2.26. The number of pyridine rings is 2. The molecule has 0 aliphatic heterocycles. The van der Waals surface area contributed by atoms with Crippen LogP contribution in [0.25, 0.3) is 12.2 Å². The molecule has 2 aliphatic rings. The molecule has 7 heteroatoms. The van der Waals surface area contributed by atoms with E-state index in [1.165, 1.54) is 17.8 Å². The number of rotatable bonds is 9. The third kappa shape index (κ3) is 6.35. The highest BCUT2D eigenvalue weighted by Crippen LogP contribution is 2.27. The minimum atomic E-state index is -0.538. The molecule has 2 aliphatic carbocycles. The Hall–Kier alpha value is -4.26. The number of esters is 1. The van der Waals surface area contributed by atoms with E-state index in [4.69, 9.17) is 4.74 Å². The third-order valence-corrected chi connectivity index (χ3v) is 6.70. The number of ether oxygens (including phenoxy) is 1. The molecule has 2 aromatic heterocycles. The fourth-order valence-corrected chi connectivity index (χ4v) is 4.42. The third-order valence-electron chi connectivity index (χ3n) is 6.70. The molecule has 1 N–H and O–H groups in total. The molecule has 0 unspecified atom stereocenters. The van der Waals surface area contributed by atoms with Crippen LogP contribution in [-0.4, -0.2) is 34.6 Å². The molecule has 0 bridgehead atoms. The Morgan fingerprint density at radius 2 is 1.97 bits per heavy atom. The molecule has 1 amide bonds. The van der Waals surface area contributed by atoms with Gasteiger partial charge in [-0.3, -0.25) is 14.6 Å². The molecule has 2 heterocycles. The van der Waals surface area contributed by atoms with Crippen molar-refractivity contribution in [3.63, 3.8) is 0 Å². The van der Waals surface area contributed by atoms with Crippen LogP contribution >= 0.6 is 0 Å². The topological polar surface area (TPSA) is 90.3 Å². The van der Waals surface area contributed by atoms with E-state index in [1.807, 2.05) is 43.4 Å². The maximum Gasteiger partial charge on any atom is 0.339 e. The van der Waals surface area contributed by atoms with E-state index < -0.39 is 5.97 Å². The number of carbonyl (C=O) groups is 2. The van der Waals surface area contributed by atoms with Crippen LogP contribution in [0.4, 0.5) is 0 Å². The lowest BCUT2D eigenvalue weighted by molar-refractivity contribution is -0.117. The number of nitrogens with one attached hydrogen (secondary N) is 1. The van der Waals surface area contributed by atoms with Gasteiger partial charge in [-0.25, -0.2) is 4.79 Å². The lowest BCUT2D eigenvalue weighted by atomic mass is 9.95. The summed E-state index contributed by atoms with van der Waals surface area (Å²) in [6.07, 6.45) is 17.4. The van der Waals surface area contributed by atoms with Crippen molar-refractivity contribution in [3.8, 4) is 0 Å². The Morgan fingerprint density at radius 3 is 2.63 bits per heavy atom. The van der Waals surface area contributed by atoms with Crippen LogP contribution in [-0.2, 0) is 16.1 Å². The summed E-state index contributed by atoms with van der Waals surface area (Å²) < 4.78 is 6.55. The first-order valence-electron chi connectivity index (χ1n) is 12.7. The van der Waals surface area contributed by atoms with Crippen molar-refractivity contribution in [1.82, 2.24) is 14.9 Å². The predicted octanol–water partition coefficient (Wildman–Crippen LogP) is 5.00. The van der Waals surface area contributed by atoms with Crippen LogP contribution in [0.2, 0.25) is 0 Å². The van der Waals surface area contributed by atoms with Gasteiger partial charge in [0.1, 0.15) is 0 Å². The second-order valence-electron chi connectivity index (χ2n) is 9.78. The summed E-state index contributed by atoms with van der Waals surface area (Å²) in [6, 6.07) is 3.92. The normalized spacial score (nSPS) is 15.6. The van der Waals surface area contributed by atoms with Crippen LogP contribution in [0.1, 0.15) is 66.6 Å². The Kier molecular flexibility index (Phi) is 8.36. The molecule has 0 saturated heterocycles. The van der Waals surface area contributed by atoms with E-state index in [2.05, 4.69) is 23.8 Å². The molecule has 1 fully saturated rings. The largest absolute Gasteiger partial charge is 0.465 e. The fraction of sp³-hybridized carbons (Fsp3) is 0.290. The summed E-state index contributed by atoms with van der Waals surface area (Å²) in [5, 5.41) is 3.05. The van der Waals surface area contributed by atoms with Crippen molar-refractivity contribution in [2.24, 2.45) is 0 Å². The molecule has 0 radical (unpaired) electrons. The van der Waals surface area contributed by atoms with E-state index in [0.717, 1.165) is 41.5 Å². The Labute approximate surface area is 222 Å². The molecule has 0 spiro atoms. The summed E-state index contributed by atoms with van der Waals surface area (Å²) in [4.78, 5) is 42.9. The Morgan fingerprint density at radius 1 is 1.24 bits per heavy atom. The lowest BCUT2D eigenvalue weighted by Gasteiger charge is -2.15. The second-order valence-corrected chi connectivity index (χ2v) is 9.78. The number of allylic oxidation sites excluding steroid dienone is 5. The molecule has 4 rings (SSSR count). The minimum absolute atomic E-state index is 0.0580. The summed E-state index contributed by atoms with van der Waals surface area (Å²) in [5.41, 5.74) is 5.47. The zero-order valence-electron chi connectivity index (χ0n) is 22.1. The van der Waals surface area contributed by atoms with E-state index in [1.54, 1.807) is 18.6 Å². The van der Waals surface area contributed by atoms with Crippen molar-refractivity contribution in [2.45, 2.75) is 52.1 Å². The first kappa shape index (κ1) is 26.8. The van der Waals surface area contributed by atoms with Gasteiger partial charge in [0, 0.05) is 41.3 Å².